The largest absolute Gasteiger partial charge is 0.326 e. The van der Waals surface area contributed by atoms with E-state index in [0.717, 1.165) is 28.1 Å². The summed E-state index contributed by atoms with van der Waals surface area (Å²) in [5.41, 5.74) is 2.01. The lowest BCUT2D eigenvalue weighted by molar-refractivity contribution is -0.116. The number of hydrogen-bond acceptors (Lipinski definition) is 7. The molecule has 3 N–H and O–H groups in total. The van der Waals surface area contributed by atoms with Gasteiger partial charge in [-0.3, -0.25) is 19.5 Å². The Balaban J connectivity index is 1.26. The number of H-pyrrole nitrogens is 1. The smallest absolute Gasteiger partial charge is 0.285 e. The number of aromatic nitrogens is 2. The van der Waals surface area contributed by atoms with Crippen molar-refractivity contribution >= 4 is 35.2 Å². The van der Waals surface area contributed by atoms with Gasteiger partial charge in [0.05, 0.1) is 12.4 Å². The molecule has 0 unspecified atom stereocenters. The Morgan fingerprint density at radius 3 is 2.88 bits per heavy atom. The highest BCUT2D eigenvalue weighted by molar-refractivity contribution is 7.97. The molecule has 3 heterocycles. The summed E-state index contributed by atoms with van der Waals surface area (Å²) in [4.78, 5) is 19.6. The van der Waals surface area contributed by atoms with Crippen molar-refractivity contribution in [3.8, 4) is 0 Å². The topological polar surface area (TPSA) is 91.3 Å². The van der Waals surface area contributed by atoms with Gasteiger partial charge in [-0.15, -0.1) is 0 Å². The first kappa shape index (κ1) is 20.8. The van der Waals surface area contributed by atoms with E-state index >= 15 is 0 Å². The molecule has 0 bridgehead atoms. The van der Waals surface area contributed by atoms with E-state index in [1.165, 1.54) is 18.5 Å². The van der Waals surface area contributed by atoms with Crippen LogP contribution >= 0.6 is 11.9 Å². The SMILES string of the molecule is CC(C)CC(=O)Nc1ccc(SN2C=C(Nc3cc(C4CC4)[nH]n3)[N+]3C=CN=C3C2)cc1. The Morgan fingerprint density at radius 1 is 1.31 bits per heavy atom. The number of amidine groups is 1. The van der Waals surface area contributed by atoms with Crippen LogP contribution in [0.2, 0.25) is 0 Å². The standard InChI is InChI=1S/C23H27N7OS/c1-15(2)11-23(31)25-17-5-7-18(8-6-17)32-29-13-21-24-9-10-30(21)22(14-29)26-20-12-19(27-28-20)16-3-4-16/h5-10,12,14-16H,3-4,11,13H2,1-2H3,(H,25,31)(H2,26,27,28)/q+1. The number of anilines is 2. The third-order valence-corrected chi connectivity index (χ3v) is 6.32. The van der Waals surface area contributed by atoms with Crippen molar-refractivity contribution in [1.82, 2.24) is 19.4 Å². The summed E-state index contributed by atoms with van der Waals surface area (Å²) in [5.74, 6) is 3.69. The average molecular weight is 450 g/mol. The number of carbonyl (C=O) groups is 1. The summed E-state index contributed by atoms with van der Waals surface area (Å²) in [6, 6.07) is 10.0. The van der Waals surface area contributed by atoms with Gasteiger partial charge in [-0.25, -0.2) is 0 Å². The second-order valence-electron chi connectivity index (χ2n) is 8.67. The van der Waals surface area contributed by atoms with Gasteiger partial charge in [0.25, 0.3) is 11.7 Å². The average Bonchev–Trinajstić information content (AvgIpc) is 3.30. The van der Waals surface area contributed by atoms with Gasteiger partial charge in [0, 0.05) is 34.7 Å². The van der Waals surface area contributed by atoms with Crippen molar-refractivity contribution < 1.29 is 4.79 Å². The first-order valence-electron chi connectivity index (χ1n) is 10.9. The number of amides is 1. The predicted molar refractivity (Wildman–Crippen MR) is 128 cm³/mol. The lowest BCUT2D eigenvalue weighted by Gasteiger charge is -2.24. The number of hydrogen-bond donors (Lipinski definition) is 3. The molecule has 165 valence electrons. The first-order valence-corrected chi connectivity index (χ1v) is 11.7. The molecule has 1 amide bonds. The van der Waals surface area contributed by atoms with Gasteiger partial charge >= 0.3 is 0 Å². The molecule has 1 aromatic carbocycles. The zero-order chi connectivity index (χ0) is 22.1. The van der Waals surface area contributed by atoms with E-state index in [4.69, 9.17) is 0 Å². The highest BCUT2D eigenvalue weighted by atomic mass is 32.2. The minimum atomic E-state index is 0.0464. The van der Waals surface area contributed by atoms with Crippen LogP contribution in [-0.2, 0) is 4.79 Å². The molecule has 0 atom stereocenters. The summed E-state index contributed by atoms with van der Waals surface area (Å²) in [5, 5.41) is 13.9. The van der Waals surface area contributed by atoms with Crippen molar-refractivity contribution in [3.63, 3.8) is 0 Å². The van der Waals surface area contributed by atoms with E-state index in [0.29, 0.717) is 24.8 Å². The molecule has 1 radical (unpaired) electrons. The van der Waals surface area contributed by atoms with Gasteiger partial charge in [0.15, 0.2) is 12.0 Å². The van der Waals surface area contributed by atoms with E-state index in [9.17, 15) is 4.79 Å². The van der Waals surface area contributed by atoms with Gasteiger partial charge in [-0.1, -0.05) is 13.8 Å². The van der Waals surface area contributed by atoms with Crippen LogP contribution in [0.3, 0.4) is 0 Å². The molecule has 1 aliphatic carbocycles. The highest BCUT2D eigenvalue weighted by Gasteiger charge is 2.37. The van der Waals surface area contributed by atoms with Gasteiger partial charge in [-0.05, 0) is 59.9 Å². The lowest BCUT2D eigenvalue weighted by Crippen LogP contribution is -2.42. The summed E-state index contributed by atoms with van der Waals surface area (Å²) >= 11 is 1.63. The van der Waals surface area contributed by atoms with Crippen LogP contribution in [-0.4, -0.2) is 32.8 Å². The molecule has 8 nitrogen and oxygen atoms in total. The lowest BCUT2D eigenvalue weighted by atomic mass is 10.1. The van der Waals surface area contributed by atoms with Crippen LogP contribution < -0.4 is 15.5 Å². The van der Waals surface area contributed by atoms with Gasteiger partial charge in [0.1, 0.15) is 6.54 Å². The summed E-state index contributed by atoms with van der Waals surface area (Å²) in [6.07, 6.45) is 8.84. The number of aliphatic imine (C=N–C) groups is 1. The molecular weight excluding hydrogens is 422 g/mol. The third-order valence-electron chi connectivity index (χ3n) is 5.37. The number of carbonyl (C=O) groups excluding carboxylic acids is 1. The fourth-order valence-electron chi connectivity index (χ4n) is 3.66. The molecule has 5 rings (SSSR count). The molecule has 3 aliphatic rings. The minimum absolute atomic E-state index is 0.0464. The quantitative estimate of drug-likeness (QED) is 0.407. The Labute approximate surface area is 192 Å². The van der Waals surface area contributed by atoms with Crippen LogP contribution in [0.1, 0.15) is 44.7 Å². The van der Waals surface area contributed by atoms with Crippen LogP contribution in [0.5, 0.6) is 0 Å². The van der Waals surface area contributed by atoms with E-state index < -0.39 is 0 Å². The fourth-order valence-corrected chi connectivity index (χ4v) is 4.52. The highest BCUT2D eigenvalue weighted by Crippen LogP contribution is 2.39. The summed E-state index contributed by atoms with van der Waals surface area (Å²) < 4.78 is 2.14. The molecule has 0 spiro atoms. The Bertz CT molecular complexity index is 1080. The van der Waals surface area contributed by atoms with Crippen LogP contribution in [0.25, 0.3) is 0 Å². The van der Waals surface area contributed by atoms with Gasteiger partial charge < -0.3 is 5.32 Å². The molecule has 1 aromatic heterocycles. The fraction of sp³-hybridized carbons (Fsp3) is 0.348. The molecule has 2 aromatic rings. The maximum absolute atomic E-state index is 12.0. The molecule has 2 aliphatic heterocycles. The van der Waals surface area contributed by atoms with Crippen molar-refractivity contribution in [1.29, 1.82) is 0 Å². The Hall–Kier alpha value is -3.04. The molecule has 0 saturated heterocycles. The number of aromatic amines is 1. The first-order chi connectivity index (χ1) is 15.5. The summed E-state index contributed by atoms with van der Waals surface area (Å²) in [6.45, 7) is 4.76. The van der Waals surface area contributed by atoms with Crippen LogP contribution in [0, 0.1) is 5.92 Å². The third kappa shape index (κ3) is 4.89. The van der Waals surface area contributed by atoms with Crippen molar-refractivity contribution in [2.24, 2.45) is 10.9 Å². The van der Waals surface area contributed by atoms with Crippen LogP contribution in [0.4, 0.5) is 11.5 Å². The van der Waals surface area contributed by atoms with E-state index in [2.05, 4.69) is 47.3 Å². The van der Waals surface area contributed by atoms with Crippen molar-refractivity contribution in [2.45, 2.75) is 43.9 Å². The van der Waals surface area contributed by atoms with E-state index in [-0.39, 0.29) is 5.91 Å². The van der Waals surface area contributed by atoms with Crippen molar-refractivity contribution in [2.75, 3.05) is 17.2 Å². The molecule has 9 heteroatoms. The monoisotopic (exact) mass is 449 g/mol. The number of fused-ring (bicyclic) bond motifs is 1. The maximum atomic E-state index is 12.0. The minimum Gasteiger partial charge on any atom is -0.326 e. The van der Waals surface area contributed by atoms with Crippen LogP contribution in [0.15, 0.2) is 64.6 Å². The van der Waals surface area contributed by atoms with Gasteiger partial charge in [-0.2, -0.15) is 10.1 Å². The number of benzene rings is 1. The van der Waals surface area contributed by atoms with Gasteiger partial charge in [0.2, 0.25) is 5.91 Å². The molecule has 32 heavy (non-hydrogen) atoms. The second kappa shape index (κ2) is 8.84. The zero-order valence-electron chi connectivity index (χ0n) is 18.2. The maximum Gasteiger partial charge on any atom is 0.285 e. The molecule has 1 fully saturated rings. The second-order valence-corrected chi connectivity index (χ2v) is 9.80. The summed E-state index contributed by atoms with van der Waals surface area (Å²) in [7, 11) is 0. The zero-order valence-corrected chi connectivity index (χ0v) is 19.0. The predicted octanol–water partition coefficient (Wildman–Crippen LogP) is 4.53. The molecule has 1 saturated carbocycles. The number of nitrogens with one attached hydrogen (secondary N) is 3. The van der Waals surface area contributed by atoms with E-state index in [1.54, 1.807) is 11.9 Å². The molecular formula is C23H27N7OS+. The normalized spacial score (nSPS) is 17.9. The Morgan fingerprint density at radius 2 is 2.12 bits per heavy atom. The van der Waals surface area contributed by atoms with Crippen molar-refractivity contribution in [3.05, 3.63) is 60.4 Å². The number of rotatable bonds is 8. The number of nitrogens with zero attached hydrogens (tertiary/aromatic N) is 4. The Kier molecular flexibility index (Phi) is 5.75. The van der Waals surface area contributed by atoms with E-state index in [1.807, 2.05) is 50.5 Å².